The van der Waals surface area contributed by atoms with Gasteiger partial charge in [-0.15, -0.1) is 0 Å². The standard InChI is InChI=1S/C19H22F3N3O2/c1-2-3-4-9-18(27)25-12-10-24(11-13-25)14-17(26)23-16-8-6-5-7-15(16)19(20,21)22/h2-9H,10-14H2,1H3,(H,23,26)/b3-2+,9-4+. The zero-order valence-electron chi connectivity index (χ0n) is 15.0. The molecule has 0 spiro atoms. The van der Waals surface area contributed by atoms with Gasteiger partial charge in [0.15, 0.2) is 0 Å². The molecule has 146 valence electrons. The van der Waals surface area contributed by atoms with Crippen LogP contribution in [0.4, 0.5) is 18.9 Å². The van der Waals surface area contributed by atoms with Crippen molar-refractivity contribution in [3.05, 3.63) is 54.1 Å². The highest BCUT2D eigenvalue weighted by atomic mass is 19.4. The summed E-state index contributed by atoms with van der Waals surface area (Å²) in [7, 11) is 0. The number of piperazine rings is 1. The monoisotopic (exact) mass is 381 g/mol. The summed E-state index contributed by atoms with van der Waals surface area (Å²) in [6.07, 6.45) is 2.20. The van der Waals surface area contributed by atoms with Crippen LogP contribution < -0.4 is 5.32 Å². The number of allylic oxidation sites excluding steroid dienone is 3. The van der Waals surface area contributed by atoms with Crippen LogP contribution in [0.3, 0.4) is 0 Å². The predicted molar refractivity (Wildman–Crippen MR) is 97.0 cm³/mol. The maximum atomic E-state index is 13.0. The fraction of sp³-hybridized carbons (Fsp3) is 0.368. The summed E-state index contributed by atoms with van der Waals surface area (Å²) in [4.78, 5) is 27.6. The highest BCUT2D eigenvalue weighted by Gasteiger charge is 2.33. The Bertz CT molecular complexity index is 721. The highest BCUT2D eigenvalue weighted by molar-refractivity contribution is 5.93. The number of nitrogens with one attached hydrogen (secondary N) is 1. The number of alkyl halides is 3. The summed E-state index contributed by atoms with van der Waals surface area (Å²) in [5.74, 6) is -0.615. The van der Waals surface area contributed by atoms with Gasteiger partial charge in [-0.2, -0.15) is 13.2 Å². The third kappa shape index (κ3) is 6.25. The van der Waals surface area contributed by atoms with Crippen LogP contribution >= 0.6 is 0 Å². The number of hydrogen-bond donors (Lipinski definition) is 1. The van der Waals surface area contributed by atoms with Gasteiger partial charge < -0.3 is 10.2 Å². The molecule has 0 radical (unpaired) electrons. The highest BCUT2D eigenvalue weighted by Crippen LogP contribution is 2.34. The Hall–Kier alpha value is -2.61. The summed E-state index contributed by atoms with van der Waals surface area (Å²) in [6, 6.07) is 4.88. The third-order valence-electron chi connectivity index (χ3n) is 4.10. The van der Waals surface area contributed by atoms with Crippen molar-refractivity contribution in [2.24, 2.45) is 0 Å². The van der Waals surface area contributed by atoms with Crippen molar-refractivity contribution >= 4 is 17.5 Å². The maximum absolute atomic E-state index is 13.0. The summed E-state index contributed by atoms with van der Waals surface area (Å²) in [5, 5.41) is 2.33. The van der Waals surface area contributed by atoms with Gasteiger partial charge in [-0.25, -0.2) is 0 Å². The van der Waals surface area contributed by atoms with E-state index in [-0.39, 0.29) is 18.1 Å². The first-order valence-corrected chi connectivity index (χ1v) is 8.58. The van der Waals surface area contributed by atoms with Crippen LogP contribution in [0.1, 0.15) is 12.5 Å². The van der Waals surface area contributed by atoms with Gasteiger partial charge in [0.05, 0.1) is 17.8 Å². The largest absolute Gasteiger partial charge is 0.418 e. The number of benzene rings is 1. The second kappa shape index (κ2) is 9.36. The van der Waals surface area contributed by atoms with E-state index >= 15 is 0 Å². The molecule has 1 aromatic rings. The second-order valence-electron chi connectivity index (χ2n) is 6.08. The smallest absolute Gasteiger partial charge is 0.337 e. The molecule has 1 fully saturated rings. The Morgan fingerprint density at radius 2 is 1.78 bits per heavy atom. The fourth-order valence-electron chi connectivity index (χ4n) is 2.71. The number of hydrogen-bond acceptors (Lipinski definition) is 3. The predicted octanol–water partition coefficient (Wildman–Crippen LogP) is 2.92. The quantitative estimate of drug-likeness (QED) is 0.630. The normalized spacial score (nSPS) is 16.2. The lowest BCUT2D eigenvalue weighted by atomic mass is 10.1. The van der Waals surface area contributed by atoms with Crippen molar-refractivity contribution in [3.8, 4) is 0 Å². The lowest BCUT2D eigenvalue weighted by Gasteiger charge is -2.33. The molecule has 1 aliphatic rings. The number of anilines is 1. The maximum Gasteiger partial charge on any atom is 0.418 e. The van der Waals surface area contributed by atoms with E-state index < -0.39 is 17.6 Å². The van der Waals surface area contributed by atoms with E-state index in [0.29, 0.717) is 26.2 Å². The minimum absolute atomic E-state index is 0.0252. The van der Waals surface area contributed by atoms with Gasteiger partial charge in [0.25, 0.3) is 0 Å². The van der Waals surface area contributed by atoms with Crippen molar-refractivity contribution in [1.29, 1.82) is 0 Å². The van der Waals surface area contributed by atoms with E-state index in [2.05, 4.69) is 5.32 Å². The van der Waals surface area contributed by atoms with Crippen molar-refractivity contribution in [2.75, 3.05) is 38.0 Å². The molecule has 1 N–H and O–H groups in total. The summed E-state index contributed by atoms with van der Waals surface area (Å²) in [6.45, 7) is 3.72. The molecule has 8 heteroatoms. The lowest BCUT2D eigenvalue weighted by Crippen LogP contribution is -2.50. The SMILES string of the molecule is C/C=C/C=C/C(=O)N1CCN(CC(=O)Nc2ccccc2C(F)(F)F)CC1. The zero-order chi connectivity index (χ0) is 19.9. The summed E-state index contributed by atoms with van der Waals surface area (Å²) < 4.78 is 38.9. The molecule has 0 atom stereocenters. The number of nitrogens with zero attached hydrogens (tertiary/aromatic N) is 2. The number of carbonyl (C=O) groups excluding carboxylic acids is 2. The topological polar surface area (TPSA) is 52.7 Å². The number of amides is 2. The minimum Gasteiger partial charge on any atom is -0.337 e. The Morgan fingerprint density at radius 3 is 2.41 bits per heavy atom. The first-order chi connectivity index (χ1) is 12.8. The van der Waals surface area contributed by atoms with Gasteiger partial charge in [-0.05, 0) is 19.1 Å². The first kappa shape index (κ1) is 20.7. The van der Waals surface area contributed by atoms with Crippen molar-refractivity contribution in [1.82, 2.24) is 9.80 Å². The van der Waals surface area contributed by atoms with Gasteiger partial charge in [-0.1, -0.05) is 30.4 Å². The Labute approximate surface area is 156 Å². The summed E-state index contributed by atoms with van der Waals surface area (Å²) in [5.41, 5.74) is -1.13. The Kier molecular flexibility index (Phi) is 7.18. The first-order valence-electron chi connectivity index (χ1n) is 8.58. The number of para-hydroxylation sites is 1. The van der Waals surface area contributed by atoms with Gasteiger partial charge in [0, 0.05) is 32.3 Å². The van der Waals surface area contributed by atoms with Crippen LogP contribution in [-0.2, 0) is 15.8 Å². The van der Waals surface area contributed by atoms with Crippen LogP contribution in [-0.4, -0.2) is 54.3 Å². The van der Waals surface area contributed by atoms with Crippen LogP contribution in [0.15, 0.2) is 48.6 Å². The van der Waals surface area contributed by atoms with Crippen LogP contribution in [0, 0.1) is 0 Å². The zero-order valence-corrected chi connectivity index (χ0v) is 15.0. The van der Waals surface area contributed by atoms with Crippen molar-refractivity contribution in [3.63, 3.8) is 0 Å². The molecule has 0 saturated carbocycles. The number of rotatable bonds is 5. The molecule has 0 aromatic heterocycles. The van der Waals surface area contributed by atoms with E-state index in [9.17, 15) is 22.8 Å². The molecule has 2 amide bonds. The molecule has 0 bridgehead atoms. The van der Waals surface area contributed by atoms with Crippen molar-refractivity contribution in [2.45, 2.75) is 13.1 Å². The molecule has 1 saturated heterocycles. The molecular formula is C19H22F3N3O2. The molecule has 0 aliphatic carbocycles. The van der Waals surface area contributed by atoms with Gasteiger partial charge in [0.2, 0.25) is 11.8 Å². The molecule has 0 unspecified atom stereocenters. The summed E-state index contributed by atoms with van der Waals surface area (Å²) >= 11 is 0. The Balaban J connectivity index is 1.86. The van der Waals surface area contributed by atoms with E-state index in [1.54, 1.807) is 17.1 Å². The third-order valence-corrected chi connectivity index (χ3v) is 4.10. The second-order valence-corrected chi connectivity index (χ2v) is 6.08. The fourth-order valence-corrected chi connectivity index (χ4v) is 2.71. The number of carbonyl (C=O) groups is 2. The molecule has 1 aliphatic heterocycles. The van der Waals surface area contributed by atoms with Crippen LogP contribution in [0.2, 0.25) is 0 Å². The van der Waals surface area contributed by atoms with E-state index in [1.165, 1.54) is 24.3 Å². The molecule has 1 heterocycles. The van der Waals surface area contributed by atoms with E-state index in [1.807, 2.05) is 17.9 Å². The van der Waals surface area contributed by atoms with E-state index in [0.717, 1.165) is 6.07 Å². The molecule has 2 rings (SSSR count). The van der Waals surface area contributed by atoms with Gasteiger partial charge in [-0.3, -0.25) is 14.5 Å². The average Bonchev–Trinajstić information content (AvgIpc) is 2.62. The molecule has 5 nitrogen and oxygen atoms in total. The average molecular weight is 381 g/mol. The van der Waals surface area contributed by atoms with Crippen molar-refractivity contribution < 1.29 is 22.8 Å². The Morgan fingerprint density at radius 1 is 1.11 bits per heavy atom. The van der Waals surface area contributed by atoms with E-state index in [4.69, 9.17) is 0 Å². The van der Waals surface area contributed by atoms with Gasteiger partial charge in [0.1, 0.15) is 0 Å². The molecule has 1 aromatic carbocycles. The molecular weight excluding hydrogens is 359 g/mol. The molecule has 27 heavy (non-hydrogen) atoms. The van der Waals surface area contributed by atoms with Crippen LogP contribution in [0.5, 0.6) is 0 Å². The van der Waals surface area contributed by atoms with Crippen LogP contribution in [0.25, 0.3) is 0 Å². The lowest BCUT2D eigenvalue weighted by molar-refractivity contribution is -0.137. The minimum atomic E-state index is -4.53. The van der Waals surface area contributed by atoms with Gasteiger partial charge >= 0.3 is 6.18 Å². The number of halogens is 3.